The first-order chi connectivity index (χ1) is 15.6. The fraction of sp³-hybridized carbons (Fsp3) is 0.526. The molecule has 1 unspecified atom stereocenters. The maximum Gasteiger partial charge on any atom is 0.508 e. The van der Waals surface area contributed by atoms with Gasteiger partial charge < -0.3 is 29.5 Å². The third-order valence-corrected chi connectivity index (χ3v) is 4.09. The molecule has 1 aliphatic heterocycles. The lowest BCUT2D eigenvalue weighted by atomic mass is 9.92. The van der Waals surface area contributed by atoms with Crippen LogP contribution in [0.2, 0.25) is 0 Å². The van der Waals surface area contributed by atoms with Gasteiger partial charge in [0, 0.05) is 0 Å². The summed E-state index contributed by atoms with van der Waals surface area (Å²) in [5.74, 6) is -15.8. The number of cyclic esters (lactones) is 2. The number of carboxylic acids is 1. The van der Waals surface area contributed by atoms with E-state index in [2.05, 4.69) is 14.2 Å². The molecule has 16 heteroatoms. The first-order valence-corrected chi connectivity index (χ1v) is 10.3. The molecular weight excluding hydrogens is 517 g/mol. The molecule has 202 valence electrons. The zero-order chi connectivity index (χ0) is 26.9. The largest absolute Gasteiger partial charge is 0.508 e. The lowest BCUT2D eigenvalue weighted by Gasteiger charge is -2.29. The predicted molar refractivity (Wildman–Crippen MR) is 109 cm³/mol. The molecule has 0 bridgehead atoms. The lowest BCUT2D eigenvalue weighted by Crippen LogP contribution is -2.45. The van der Waals surface area contributed by atoms with Crippen molar-refractivity contribution in [1.29, 1.82) is 0 Å². The minimum absolute atomic E-state index is 0. The van der Waals surface area contributed by atoms with Crippen molar-refractivity contribution in [2.75, 3.05) is 33.1 Å². The Morgan fingerprint density at radius 1 is 1.00 bits per heavy atom. The van der Waals surface area contributed by atoms with E-state index in [1.165, 1.54) is 13.6 Å². The van der Waals surface area contributed by atoms with E-state index in [0.29, 0.717) is 0 Å². The van der Waals surface area contributed by atoms with Gasteiger partial charge in [0.05, 0.1) is 22.1 Å². The molecule has 0 amide bonds. The van der Waals surface area contributed by atoms with Gasteiger partial charge in [0.1, 0.15) is 24.0 Å². The summed E-state index contributed by atoms with van der Waals surface area (Å²) in [7, 11) is -0.417. The van der Waals surface area contributed by atoms with Gasteiger partial charge >= 0.3 is 18.1 Å². The Morgan fingerprint density at radius 2 is 1.34 bits per heavy atom. The highest BCUT2D eigenvalue weighted by molar-refractivity contribution is 7.30. The molecular formula is C19H25F6O9P. The van der Waals surface area contributed by atoms with Crippen LogP contribution in [0.5, 0.6) is 5.75 Å². The second-order valence-electron chi connectivity index (χ2n) is 7.05. The predicted octanol–water partition coefficient (Wildman–Crippen LogP) is 3.34. The van der Waals surface area contributed by atoms with Gasteiger partial charge in [-0.2, -0.15) is 8.78 Å². The molecule has 3 N–H and O–H groups in total. The van der Waals surface area contributed by atoms with Crippen LogP contribution in [0, 0.1) is 39.9 Å². The molecule has 1 atom stereocenters. The molecule has 1 fully saturated rings. The van der Waals surface area contributed by atoms with Crippen molar-refractivity contribution in [2.24, 2.45) is 10.8 Å². The number of rotatable bonds is 5. The summed E-state index contributed by atoms with van der Waals surface area (Å²) in [6.45, 7) is 1.75. The topological polar surface area (TPSA) is 140 Å². The number of hydrogen-bond donors (Lipinski definition) is 3. The van der Waals surface area contributed by atoms with Gasteiger partial charge in [-0.15, -0.1) is 0 Å². The van der Waals surface area contributed by atoms with E-state index in [1.54, 1.807) is 0 Å². The number of aliphatic hydroxyl groups excluding tert-OH is 2. The molecule has 0 aliphatic carbocycles. The van der Waals surface area contributed by atoms with Crippen LogP contribution in [0.3, 0.4) is 0 Å². The number of aliphatic carboxylic acids is 1. The van der Waals surface area contributed by atoms with Crippen LogP contribution in [0.1, 0.15) is 21.3 Å². The number of carbonyl (C=O) groups is 3. The van der Waals surface area contributed by atoms with E-state index in [0.717, 1.165) is 6.92 Å². The molecule has 1 aromatic carbocycles. The Balaban J connectivity index is 0. The van der Waals surface area contributed by atoms with Gasteiger partial charge in [-0.25, -0.2) is 22.2 Å². The third kappa shape index (κ3) is 8.82. The summed E-state index contributed by atoms with van der Waals surface area (Å²) in [5, 5.41) is 25.1. The number of carbonyl (C=O) groups excluding carboxylic acids is 2. The van der Waals surface area contributed by atoms with E-state index < -0.39 is 99.1 Å². The van der Waals surface area contributed by atoms with Crippen LogP contribution in [0.25, 0.3) is 0 Å². The number of benzene rings is 1. The first kappa shape index (κ1) is 34.5. The van der Waals surface area contributed by atoms with Crippen molar-refractivity contribution >= 4 is 27.0 Å². The quantitative estimate of drug-likeness (QED) is 0.128. The fourth-order valence-electron chi connectivity index (χ4n) is 1.71. The first-order valence-electron chi connectivity index (χ1n) is 8.91. The molecule has 0 saturated carbocycles. The summed E-state index contributed by atoms with van der Waals surface area (Å²) >= 11 is 0. The standard InChI is InChI=1S/C12H7F5O5.C5H10O4.CH4FP.CH4/c1-12(2-20-11(19)21-3-12)10(18)22-9-7(16)5(14)4(13)6(15)8(9)17;1-5(2-6,3-7)4(8)9;1-3-2;/h2-3H2,1H3;6-7H,2-3H2,1H3,(H,8,9);3H,1H3;1H4. The SMILES string of the molecule is C.CC(CO)(CO)C(=O)O.CC1(C(=O)Oc2c(F)c(F)c(F)c(F)c2F)COC(=O)OC1.CPF. The Kier molecular flexibility index (Phi) is 14.5. The minimum Gasteiger partial charge on any atom is -0.481 e. The third-order valence-electron chi connectivity index (χ3n) is 4.09. The van der Waals surface area contributed by atoms with Crippen LogP contribution < -0.4 is 4.74 Å². The molecule has 9 nitrogen and oxygen atoms in total. The molecule has 0 radical (unpaired) electrons. The number of aliphatic hydroxyl groups is 2. The Labute approximate surface area is 197 Å². The normalized spacial score (nSPS) is 14.3. The summed E-state index contributed by atoms with van der Waals surface area (Å²) < 4.78 is 89.1. The summed E-state index contributed by atoms with van der Waals surface area (Å²) in [4.78, 5) is 32.7. The highest BCUT2D eigenvalue weighted by Crippen LogP contribution is 2.32. The van der Waals surface area contributed by atoms with E-state index in [1.807, 2.05) is 0 Å². The van der Waals surface area contributed by atoms with Crippen LogP contribution >= 0.6 is 8.89 Å². The van der Waals surface area contributed by atoms with Crippen LogP contribution in [0.4, 0.5) is 30.9 Å². The van der Waals surface area contributed by atoms with Crippen molar-refractivity contribution in [3.63, 3.8) is 0 Å². The fourth-order valence-corrected chi connectivity index (χ4v) is 1.71. The Morgan fingerprint density at radius 3 is 1.63 bits per heavy atom. The number of halogens is 6. The number of ether oxygens (including phenoxy) is 3. The highest BCUT2D eigenvalue weighted by atomic mass is 31.1. The Hall–Kier alpha value is -2.64. The van der Waals surface area contributed by atoms with Crippen LogP contribution in [-0.4, -0.2) is 66.5 Å². The lowest BCUT2D eigenvalue weighted by molar-refractivity contribution is -0.156. The van der Waals surface area contributed by atoms with Gasteiger partial charge in [-0.3, -0.25) is 9.59 Å². The van der Waals surface area contributed by atoms with Crippen molar-refractivity contribution in [1.82, 2.24) is 0 Å². The van der Waals surface area contributed by atoms with Crippen molar-refractivity contribution in [3.8, 4) is 5.75 Å². The second kappa shape index (κ2) is 14.7. The molecule has 35 heavy (non-hydrogen) atoms. The highest BCUT2D eigenvalue weighted by Gasteiger charge is 2.43. The molecule has 2 rings (SSSR count). The second-order valence-corrected chi connectivity index (χ2v) is 7.43. The molecule has 1 heterocycles. The van der Waals surface area contributed by atoms with Gasteiger partial charge in [0.2, 0.25) is 34.8 Å². The maximum atomic E-state index is 13.4. The smallest absolute Gasteiger partial charge is 0.481 e. The minimum atomic E-state index is -2.38. The summed E-state index contributed by atoms with van der Waals surface area (Å²) in [5.41, 5.74) is -3.05. The van der Waals surface area contributed by atoms with Crippen molar-refractivity contribution in [3.05, 3.63) is 29.1 Å². The van der Waals surface area contributed by atoms with Gasteiger partial charge in [0.25, 0.3) is 0 Å². The number of esters is 1. The van der Waals surface area contributed by atoms with Crippen LogP contribution in [0.15, 0.2) is 0 Å². The monoisotopic (exact) mass is 542 g/mol. The zero-order valence-corrected chi connectivity index (χ0v) is 18.9. The maximum absolute atomic E-state index is 13.4. The molecule has 1 aromatic rings. The molecule has 1 saturated heterocycles. The Bertz CT molecular complexity index is 857. The van der Waals surface area contributed by atoms with Crippen molar-refractivity contribution in [2.45, 2.75) is 21.3 Å². The average molecular weight is 542 g/mol. The van der Waals surface area contributed by atoms with E-state index in [-0.39, 0.29) is 7.43 Å². The van der Waals surface area contributed by atoms with Gasteiger partial charge in [-0.05, 0) is 20.5 Å². The summed E-state index contributed by atoms with van der Waals surface area (Å²) in [6, 6.07) is 0. The van der Waals surface area contributed by atoms with E-state index in [4.69, 9.17) is 15.3 Å². The molecule has 0 spiro atoms. The van der Waals surface area contributed by atoms with E-state index >= 15 is 0 Å². The molecule has 1 aliphatic rings. The zero-order valence-electron chi connectivity index (χ0n) is 17.9. The van der Waals surface area contributed by atoms with Gasteiger partial charge in [0.15, 0.2) is 0 Å². The van der Waals surface area contributed by atoms with E-state index in [9.17, 15) is 40.5 Å². The summed E-state index contributed by atoms with van der Waals surface area (Å²) in [6.07, 6.45) is -1.07. The van der Waals surface area contributed by atoms with Crippen LogP contribution in [-0.2, 0) is 19.1 Å². The number of carboxylic acid groups (broad SMARTS) is 1. The average Bonchev–Trinajstić information content (AvgIpc) is 2.81. The molecule has 0 aromatic heterocycles. The number of hydrogen-bond acceptors (Lipinski definition) is 8. The van der Waals surface area contributed by atoms with Gasteiger partial charge in [-0.1, -0.05) is 7.43 Å². The van der Waals surface area contributed by atoms with Crippen molar-refractivity contribution < 1.29 is 70.1 Å².